The predicted octanol–water partition coefficient (Wildman–Crippen LogP) is 1.37. The summed E-state index contributed by atoms with van der Waals surface area (Å²) in [5.41, 5.74) is 0. The van der Waals surface area contributed by atoms with E-state index in [9.17, 15) is 8.42 Å². The minimum atomic E-state index is -3.48. The number of piperidine rings is 1. The largest absolute Gasteiger partial charge is 0.337 e. The Bertz CT molecular complexity index is 521. The molecule has 1 aliphatic heterocycles. The number of sulfonamides is 1. The highest BCUT2D eigenvalue weighted by Gasteiger charge is 2.34. The van der Waals surface area contributed by atoms with Crippen molar-refractivity contribution in [3.8, 4) is 0 Å². The lowest BCUT2D eigenvalue weighted by Crippen LogP contribution is -2.43. The van der Waals surface area contributed by atoms with E-state index in [-0.39, 0.29) is 16.3 Å². The van der Waals surface area contributed by atoms with E-state index in [2.05, 4.69) is 4.98 Å². The lowest BCUT2D eigenvalue weighted by atomic mass is 10.0. The maximum atomic E-state index is 12.4. The van der Waals surface area contributed by atoms with Crippen molar-refractivity contribution in [2.75, 3.05) is 13.1 Å². The van der Waals surface area contributed by atoms with Crippen molar-refractivity contribution in [1.29, 1.82) is 0 Å². The molecule has 0 bridgehead atoms. The standard InChI is InChI=1S/C11H18ClN3O2S/c1-8-6-15(5-4-10(8)12)18(16,17)11-7-14(3)9(2)13-11/h7-8,10H,4-6H2,1-3H3. The van der Waals surface area contributed by atoms with Gasteiger partial charge in [-0.1, -0.05) is 6.92 Å². The van der Waals surface area contributed by atoms with Crippen molar-refractivity contribution in [2.24, 2.45) is 13.0 Å². The van der Waals surface area contributed by atoms with E-state index in [1.54, 1.807) is 24.7 Å². The van der Waals surface area contributed by atoms with E-state index in [1.165, 1.54) is 4.31 Å². The molecule has 2 heterocycles. The smallest absolute Gasteiger partial charge is 0.262 e. The molecule has 0 spiro atoms. The van der Waals surface area contributed by atoms with E-state index < -0.39 is 10.0 Å². The zero-order valence-electron chi connectivity index (χ0n) is 10.8. The monoisotopic (exact) mass is 291 g/mol. The highest BCUT2D eigenvalue weighted by molar-refractivity contribution is 7.89. The molecule has 0 radical (unpaired) electrons. The highest BCUT2D eigenvalue weighted by atomic mass is 35.5. The summed E-state index contributed by atoms with van der Waals surface area (Å²) in [6.45, 7) is 4.69. The van der Waals surface area contributed by atoms with Gasteiger partial charge in [0.2, 0.25) is 0 Å². The topological polar surface area (TPSA) is 55.2 Å². The van der Waals surface area contributed by atoms with Crippen molar-refractivity contribution in [3.05, 3.63) is 12.0 Å². The number of hydrogen-bond donors (Lipinski definition) is 0. The zero-order valence-corrected chi connectivity index (χ0v) is 12.4. The normalized spacial score (nSPS) is 26.4. The van der Waals surface area contributed by atoms with Gasteiger partial charge in [0.05, 0.1) is 0 Å². The molecule has 0 saturated carbocycles. The Morgan fingerprint density at radius 2 is 2.17 bits per heavy atom. The molecule has 2 unspecified atom stereocenters. The molecule has 1 aromatic rings. The second-order valence-corrected chi connectivity index (χ2v) is 7.33. The lowest BCUT2D eigenvalue weighted by molar-refractivity contribution is 0.285. The number of imidazole rings is 1. The SMILES string of the molecule is Cc1nc(S(=O)(=O)N2CCC(Cl)C(C)C2)cn1C. The molecular weight excluding hydrogens is 274 g/mol. The van der Waals surface area contributed by atoms with Gasteiger partial charge < -0.3 is 4.57 Å². The first kappa shape index (κ1) is 13.8. The fourth-order valence-electron chi connectivity index (χ4n) is 2.08. The van der Waals surface area contributed by atoms with Crippen LogP contribution in [0.1, 0.15) is 19.2 Å². The molecule has 102 valence electrons. The quantitative estimate of drug-likeness (QED) is 0.773. The van der Waals surface area contributed by atoms with Gasteiger partial charge in [0.1, 0.15) is 5.82 Å². The molecular formula is C11H18ClN3O2S. The number of aromatic nitrogens is 2. The van der Waals surface area contributed by atoms with Crippen molar-refractivity contribution in [2.45, 2.75) is 30.7 Å². The number of nitrogens with zero attached hydrogens (tertiary/aromatic N) is 3. The van der Waals surface area contributed by atoms with Crippen LogP contribution in [-0.4, -0.2) is 40.7 Å². The van der Waals surface area contributed by atoms with E-state index in [0.717, 1.165) is 0 Å². The molecule has 5 nitrogen and oxygen atoms in total. The van der Waals surface area contributed by atoms with Gasteiger partial charge in [-0.15, -0.1) is 11.6 Å². The van der Waals surface area contributed by atoms with Crippen LogP contribution >= 0.6 is 11.6 Å². The van der Waals surface area contributed by atoms with Crippen LogP contribution in [0.2, 0.25) is 0 Å². The molecule has 1 fully saturated rings. The zero-order chi connectivity index (χ0) is 13.5. The lowest BCUT2D eigenvalue weighted by Gasteiger charge is -2.32. The minimum Gasteiger partial charge on any atom is -0.337 e. The average molecular weight is 292 g/mol. The van der Waals surface area contributed by atoms with Gasteiger partial charge in [-0.25, -0.2) is 13.4 Å². The molecule has 18 heavy (non-hydrogen) atoms. The molecule has 1 aromatic heterocycles. The van der Waals surface area contributed by atoms with Crippen LogP contribution in [-0.2, 0) is 17.1 Å². The molecule has 0 N–H and O–H groups in total. The van der Waals surface area contributed by atoms with Crippen molar-refractivity contribution >= 4 is 21.6 Å². The number of alkyl halides is 1. The molecule has 7 heteroatoms. The highest BCUT2D eigenvalue weighted by Crippen LogP contribution is 2.26. The van der Waals surface area contributed by atoms with Crippen LogP contribution in [0.5, 0.6) is 0 Å². The molecule has 0 aromatic carbocycles. The molecule has 1 saturated heterocycles. The van der Waals surface area contributed by atoms with Crippen molar-refractivity contribution < 1.29 is 8.42 Å². The number of aryl methyl sites for hydroxylation is 2. The summed E-state index contributed by atoms with van der Waals surface area (Å²) in [5, 5.41) is 0.185. The molecule has 1 aliphatic rings. The summed E-state index contributed by atoms with van der Waals surface area (Å²) in [6.07, 6.45) is 2.25. The maximum Gasteiger partial charge on any atom is 0.262 e. The predicted molar refractivity (Wildman–Crippen MR) is 70.1 cm³/mol. The summed E-state index contributed by atoms with van der Waals surface area (Å²) < 4.78 is 28.0. The van der Waals surface area contributed by atoms with Gasteiger partial charge >= 0.3 is 0 Å². The Morgan fingerprint density at radius 3 is 2.67 bits per heavy atom. The summed E-state index contributed by atoms with van der Waals surface area (Å²) >= 11 is 6.12. The fraction of sp³-hybridized carbons (Fsp3) is 0.727. The van der Waals surface area contributed by atoms with Gasteiger partial charge in [0, 0.05) is 31.7 Å². The third kappa shape index (κ3) is 2.41. The summed E-state index contributed by atoms with van der Waals surface area (Å²) in [7, 11) is -1.69. The van der Waals surface area contributed by atoms with E-state index in [4.69, 9.17) is 11.6 Å². The van der Waals surface area contributed by atoms with Crippen LogP contribution in [0.25, 0.3) is 0 Å². The number of hydrogen-bond acceptors (Lipinski definition) is 3. The van der Waals surface area contributed by atoms with Gasteiger partial charge in [-0.3, -0.25) is 0 Å². The molecule has 2 atom stereocenters. The second-order valence-electron chi connectivity index (χ2n) is 4.88. The Hall–Kier alpha value is -0.590. The van der Waals surface area contributed by atoms with Gasteiger partial charge in [-0.2, -0.15) is 4.31 Å². The first-order valence-corrected chi connectivity index (χ1v) is 7.84. The third-order valence-electron chi connectivity index (χ3n) is 3.45. The van der Waals surface area contributed by atoms with Crippen LogP contribution in [0, 0.1) is 12.8 Å². The Labute approximate surface area is 113 Å². The Kier molecular flexibility index (Phi) is 3.71. The van der Waals surface area contributed by atoms with Crippen LogP contribution < -0.4 is 0 Å². The second kappa shape index (κ2) is 4.83. The van der Waals surface area contributed by atoms with E-state index >= 15 is 0 Å². The van der Waals surface area contributed by atoms with Crippen LogP contribution in [0.4, 0.5) is 0 Å². The fourth-order valence-corrected chi connectivity index (χ4v) is 3.84. The maximum absolute atomic E-state index is 12.4. The first-order chi connectivity index (χ1) is 8.32. The molecule has 2 rings (SSSR count). The number of rotatable bonds is 2. The minimum absolute atomic E-state index is 0.0573. The van der Waals surface area contributed by atoms with Gasteiger partial charge in [0.15, 0.2) is 5.03 Å². The summed E-state index contributed by atoms with van der Waals surface area (Å²) in [6, 6.07) is 0. The van der Waals surface area contributed by atoms with Crippen LogP contribution in [0.3, 0.4) is 0 Å². The van der Waals surface area contributed by atoms with Crippen molar-refractivity contribution in [1.82, 2.24) is 13.9 Å². The Morgan fingerprint density at radius 1 is 1.50 bits per heavy atom. The molecule has 0 aliphatic carbocycles. The number of halogens is 1. The van der Waals surface area contributed by atoms with E-state index in [1.807, 2.05) is 6.92 Å². The van der Waals surface area contributed by atoms with Crippen LogP contribution in [0.15, 0.2) is 11.2 Å². The Balaban J connectivity index is 2.26. The average Bonchev–Trinajstić information content (AvgIpc) is 2.64. The van der Waals surface area contributed by atoms with E-state index in [0.29, 0.717) is 25.3 Å². The van der Waals surface area contributed by atoms with Gasteiger partial charge in [-0.05, 0) is 19.3 Å². The van der Waals surface area contributed by atoms with Gasteiger partial charge in [0.25, 0.3) is 10.0 Å². The van der Waals surface area contributed by atoms with Crippen molar-refractivity contribution in [3.63, 3.8) is 0 Å². The first-order valence-electron chi connectivity index (χ1n) is 5.96. The summed E-state index contributed by atoms with van der Waals surface area (Å²) in [4.78, 5) is 4.10. The summed E-state index contributed by atoms with van der Waals surface area (Å²) in [5.74, 6) is 0.855. The molecule has 0 amide bonds. The third-order valence-corrected chi connectivity index (χ3v) is 5.84.